The average Bonchev–Trinajstić information content (AvgIpc) is 2.65. The molecule has 6 heteroatoms. The van der Waals surface area contributed by atoms with Crippen LogP contribution in [0.15, 0.2) is 42.5 Å². The number of carbonyl (C=O) groups excluding carboxylic acids is 2. The number of ether oxygens (including phenoxy) is 1. The van der Waals surface area contributed by atoms with Crippen LogP contribution in [0.1, 0.15) is 36.7 Å². The highest BCUT2D eigenvalue weighted by atomic mass is 35.5. The molecule has 2 aromatic rings. The van der Waals surface area contributed by atoms with Crippen molar-refractivity contribution in [2.45, 2.75) is 33.8 Å². The van der Waals surface area contributed by atoms with E-state index in [2.05, 4.69) is 5.32 Å². The van der Waals surface area contributed by atoms with E-state index in [0.717, 1.165) is 5.56 Å². The molecule has 0 bridgehead atoms. The zero-order chi connectivity index (χ0) is 20.0. The number of carbonyl (C=O) groups is 2. The van der Waals surface area contributed by atoms with Gasteiger partial charge in [0.05, 0.1) is 0 Å². The fourth-order valence-corrected chi connectivity index (χ4v) is 2.85. The summed E-state index contributed by atoms with van der Waals surface area (Å²) in [5, 5.41) is 3.42. The van der Waals surface area contributed by atoms with Gasteiger partial charge in [0.2, 0.25) is 0 Å². The second-order valence-corrected chi connectivity index (χ2v) is 6.65. The predicted octanol–water partition coefficient (Wildman–Crippen LogP) is 4.54. The van der Waals surface area contributed by atoms with Gasteiger partial charge in [0.1, 0.15) is 5.75 Å². The Kier molecular flexibility index (Phi) is 7.25. The van der Waals surface area contributed by atoms with Gasteiger partial charge in [0.25, 0.3) is 11.8 Å². The lowest BCUT2D eigenvalue weighted by molar-refractivity contribution is -0.122. The van der Waals surface area contributed by atoms with E-state index in [0.29, 0.717) is 35.1 Å². The second kappa shape index (κ2) is 9.42. The van der Waals surface area contributed by atoms with Crippen molar-refractivity contribution in [1.29, 1.82) is 0 Å². The number of nitrogens with one attached hydrogen (secondary N) is 1. The second-order valence-electron chi connectivity index (χ2n) is 6.21. The van der Waals surface area contributed by atoms with Gasteiger partial charge >= 0.3 is 0 Å². The lowest BCUT2D eigenvalue weighted by atomic mass is 10.1. The van der Waals surface area contributed by atoms with E-state index in [9.17, 15) is 9.59 Å². The number of hydrogen-bond acceptors (Lipinski definition) is 3. The third-order valence-electron chi connectivity index (χ3n) is 4.26. The Morgan fingerprint density at radius 2 is 1.74 bits per heavy atom. The normalized spacial score (nSPS) is 11.6. The summed E-state index contributed by atoms with van der Waals surface area (Å²) < 4.78 is 5.73. The Morgan fingerprint density at radius 1 is 1.11 bits per heavy atom. The van der Waals surface area contributed by atoms with Crippen molar-refractivity contribution in [2.75, 3.05) is 18.4 Å². The van der Waals surface area contributed by atoms with Crippen LogP contribution in [0.25, 0.3) is 0 Å². The highest BCUT2D eigenvalue weighted by Crippen LogP contribution is 2.23. The lowest BCUT2D eigenvalue weighted by Gasteiger charge is -2.19. The molecular formula is C21H25ClN2O3. The third-order valence-corrected chi connectivity index (χ3v) is 4.50. The summed E-state index contributed by atoms with van der Waals surface area (Å²) in [6.45, 7) is 8.76. The van der Waals surface area contributed by atoms with Crippen molar-refractivity contribution in [3.05, 3.63) is 58.6 Å². The van der Waals surface area contributed by atoms with E-state index in [1.54, 1.807) is 54.3 Å². The molecule has 0 heterocycles. The van der Waals surface area contributed by atoms with Crippen LogP contribution in [0.5, 0.6) is 5.75 Å². The van der Waals surface area contributed by atoms with Crippen molar-refractivity contribution < 1.29 is 14.3 Å². The number of hydrogen-bond donors (Lipinski definition) is 1. The fourth-order valence-electron chi connectivity index (χ4n) is 2.62. The number of benzene rings is 2. The van der Waals surface area contributed by atoms with Crippen LogP contribution in [-0.2, 0) is 4.79 Å². The molecule has 2 amide bonds. The zero-order valence-electron chi connectivity index (χ0n) is 16.1. The summed E-state index contributed by atoms with van der Waals surface area (Å²) >= 11 is 5.93. The van der Waals surface area contributed by atoms with Crippen LogP contribution in [0.3, 0.4) is 0 Å². The van der Waals surface area contributed by atoms with Gasteiger partial charge in [0.15, 0.2) is 6.10 Å². The van der Waals surface area contributed by atoms with Crippen LogP contribution in [0.4, 0.5) is 5.69 Å². The largest absolute Gasteiger partial charge is 0.481 e. The van der Waals surface area contributed by atoms with Gasteiger partial charge in [-0.25, -0.2) is 0 Å². The number of rotatable bonds is 7. The van der Waals surface area contributed by atoms with Gasteiger partial charge in [-0.2, -0.15) is 0 Å². The van der Waals surface area contributed by atoms with Crippen molar-refractivity contribution in [2.24, 2.45) is 0 Å². The molecule has 144 valence electrons. The summed E-state index contributed by atoms with van der Waals surface area (Å²) in [6.07, 6.45) is -0.679. The van der Waals surface area contributed by atoms with E-state index in [1.807, 2.05) is 20.8 Å². The number of nitrogens with zero attached hydrogens (tertiary/aromatic N) is 1. The van der Waals surface area contributed by atoms with Crippen LogP contribution >= 0.6 is 11.6 Å². The van der Waals surface area contributed by atoms with E-state index >= 15 is 0 Å². The molecule has 0 aromatic heterocycles. The predicted molar refractivity (Wildman–Crippen MR) is 109 cm³/mol. The van der Waals surface area contributed by atoms with Crippen molar-refractivity contribution in [1.82, 2.24) is 4.90 Å². The molecule has 5 nitrogen and oxygen atoms in total. The van der Waals surface area contributed by atoms with Crippen LogP contribution in [0.2, 0.25) is 5.02 Å². The maximum Gasteiger partial charge on any atom is 0.265 e. The van der Waals surface area contributed by atoms with Crippen LogP contribution in [-0.4, -0.2) is 35.9 Å². The molecule has 0 spiro atoms. The molecule has 0 fully saturated rings. The van der Waals surface area contributed by atoms with E-state index in [-0.39, 0.29) is 11.8 Å². The molecule has 0 radical (unpaired) electrons. The zero-order valence-corrected chi connectivity index (χ0v) is 16.8. The summed E-state index contributed by atoms with van der Waals surface area (Å²) in [6, 6.07) is 12.1. The average molecular weight is 389 g/mol. The molecule has 1 atom stereocenters. The first-order valence-electron chi connectivity index (χ1n) is 8.98. The maximum atomic E-state index is 12.4. The minimum absolute atomic E-state index is 0.0206. The molecule has 27 heavy (non-hydrogen) atoms. The molecule has 0 saturated heterocycles. The first-order valence-corrected chi connectivity index (χ1v) is 9.36. The fraction of sp³-hybridized carbons (Fsp3) is 0.333. The minimum atomic E-state index is -0.679. The van der Waals surface area contributed by atoms with Crippen molar-refractivity contribution >= 4 is 29.1 Å². The SMILES string of the molecule is CCN(CC)C(=O)c1ccc(NC(=O)C(C)Oc2ccc(Cl)cc2C)cc1. The topological polar surface area (TPSA) is 58.6 Å². The highest BCUT2D eigenvalue weighted by molar-refractivity contribution is 6.30. The van der Waals surface area contributed by atoms with Gasteiger partial charge in [-0.1, -0.05) is 11.6 Å². The van der Waals surface area contributed by atoms with Crippen molar-refractivity contribution in [3.63, 3.8) is 0 Å². The molecule has 2 aromatic carbocycles. The molecule has 0 aliphatic rings. The van der Waals surface area contributed by atoms with Gasteiger partial charge in [-0.3, -0.25) is 9.59 Å². The molecule has 2 rings (SSSR count). The molecule has 0 saturated carbocycles. The molecule has 1 N–H and O–H groups in total. The standard InChI is InChI=1S/C21H25ClN2O3/c1-5-24(6-2)21(26)16-7-10-18(11-8-16)23-20(25)15(4)27-19-12-9-17(22)13-14(19)3/h7-13,15H,5-6H2,1-4H3,(H,23,25). The summed E-state index contributed by atoms with van der Waals surface area (Å²) in [5.41, 5.74) is 2.07. The Bertz CT molecular complexity index is 802. The Labute approximate surface area is 165 Å². The van der Waals surface area contributed by atoms with Crippen LogP contribution < -0.4 is 10.1 Å². The minimum Gasteiger partial charge on any atom is -0.481 e. The molecule has 0 aliphatic carbocycles. The van der Waals surface area contributed by atoms with E-state index < -0.39 is 6.10 Å². The van der Waals surface area contributed by atoms with Gasteiger partial charge in [-0.05, 0) is 75.7 Å². The van der Waals surface area contributed by atoms with Gasteiger partial charge in [0, 0.05) is 29.4 Å². The summed E-state index contributed by atoms with van der Waals surface area (Å²) in [7, 11) is 0. The highest BCUT2D eigenvalue weighted by Gasteiger charge is 2.17. The number of aryl methyl sites for hydroxylation is 1. The first-order chi connectivity index (χ1) is 12.8. The molecule has 1 unspecified atom stereocenters. The summed E-state index contributed by atoms with van der Waals surface area (Å²) in [5.74, 6) is 0.321. The molecular weight excluding hydrogens is 364 g/mol. The number of halogens is 1. The third kappa shape index (κ3) is 5.47. The smallest absolute Gasteiger partial charge is 0.265 e. The van der Waals surface area contributed by atoms with E-state index in [4.69, 9.17) is 16.3 Å². The van der Waals surface area contributed by atoms with Crippen molar-refractivity contribution in [3.8, 4) is 5.75 Å². The molecule has 0 aliphatic heterocycles. The Balaban J connectivity index is 1.99. The van der Waals surface area contributed by atoms with Gasteiger partial charge in [-0.15, -0.1) is 0 Å². The Hall–Kier alpha value is -2.53. The Morgan fingerprint density at radius 3 is 2.30 bits per heavy atom. The monoisotopic (exact) mass is 388 g/mol. The maximum absolute atomic E-state index is 12.4. The summed E-state index contributed by atoms with van der Waals surface area (Å²) in [4.78, 5) is 26.4. The first kappa shape index (κ1) is 20.8. The van der Waals surface area contributed by atoms with Crippen LogP contribution in [0, 0.1) is 6.92 Å². The van der Waals surface area contributed by atoms with Gasteiger partial charge < -0.3 is 15.0 Å². The quantitative estimate of drug-likeness (QED) is 0.757. The lowest BCUT2D eigenvalue weighted by Crippen LogP contribution is -2.31. The number of anilines is 1. The number of amides is 2. The van der Waals surface area contributed by atoms with E-state index in [1.165, 1.54) is 0 Å².